The average Bonchev–Trinajstić information content (AvgIpc) is 2.95. The Bertz CT molecular complexity index is 1460. The molecule has 0 amide bonds. The van der Waals surface area contributed by atoms with Crippen LogP contribution in [0.2, 0.25) is 0 Å². The fourth-order valence-electron chi connectivity index (χ4n) is 6.03. The summed E-state index contributed by atoms with van der Waals surface area (Å²) in [6, 6.07) is 6.73. The summed E-state index contributed by atoms with van der Waals surface area (Å²) in [5, 5.41) is 9.24. The third kappa shape index (κ3) is 8.05. The van der Waals surface area contributed by atoms with Gasteiger partial charge >= 0.3 is 18.8 Å². The lowest BCUT2D eigenvalue weighted by Crippen LogP contribution is -2.46. The van der Waals surface area contributed by atoms with Crippen LogP contribution in [-0.4, -0.2) is 51.5 Å². The zero-order valence-electron chi connectivity index (χ0n) is 25.1. The summed E-state index contributed by atoms with van der Waals surface area (Å²) < 4.78 is 120. The van der Waals surface area contributed by atoms with Gasteiger partial charge in [0, 0.05) is 5.92 Å². The summed E-state index contributed by atoms with van der Waals surface area (Å²) >= 11 is 0. The van der Waals surface area contributed by atoms with Gasteiger partial charge in [0.25, 0.3) is 10.0 Å². The molecule has 0 bridgehead atoms. The van der Waals surface area contributed by atoms with Gasteiger partial charge in [-0.2, -0.15) is 22.0 Å². The smallest absolute Gasteiger partial charge is 0.416 e. The molecule has 1 aliphatic heterocycles. The number of sulfonamides is 1. The van der Waals surface area contributed by atoms with Crippen molar-refractivity contribution in [2.45, 2.75) is 88.8 Å². The number of carbonyl (C=O) groups is 1. The molecule has 1 aliphatic carbocycles. The monoisotopic (exact) mass is 665 g/mol. The van der Waals surface area contributed by atoms with Crippen LogP contribution < -0.4 is 9.04 Å². The number of hydrogen-bond donors (Lipinski definition) is 1. The molecular formula is C31H37F6NO6S. The van der Waals surface area contributed by atoms with E-state index in [4.69, 9.17) is 4.74 Å². The maximum Gasteiger partial charge on any atom is 0.416 e. The van der Waals surface area contributed by atoms with E-state index in [1.54, 1.807) is 19.9 Å². The van der Waals surface area contributed by atoms with E-state index in [0.717, 1.165) is 22.5 Å². The first kappa shape index (κ1) is 34.9. The van der Waals surface area contributed by atoms with Crippen molar-refractivity contribution < 1.29 is 54.1 Å². The first-order valence-electron chi connectivity index (χ1n) is 14.8. The van der Waals surface area contributed by atoms with Crippen LogP contribution in [0.25, 0.3) is 0 Å². The molecule has 7 nitrogen and oxygen atoms in total. The molecule has 3 unspecified atom stereocenters. The number of fused-ring (bicyclic) bond motifs is 1. The minimum atomic E-state index is -4.78. The second-order valence-corrected chi connectivity index (χ2v) is 13.9. The number of nitrogens with zero attached hydrogens (tertiary/aromatic N) is 1. The number of aliphatic carboxylic acids is 1. The van der Waals surface area contributed by atoms with Crippen LogP contribution in [0.3, 0.4) is 0 Å². The Labute approximate surface area is 258 Å². The zero-order chi connectivity index (χ0) is 33.3. The maximum atomic E-state index is 15.1. The van der Waals surface area contributed by atoms with Crippen LogP contribution in [0.15, 0.2) is 41.3 Å². The number of aryl methyl sites for hydroxylation is 1. The number of alkyl halides is 6. The van der Waals surface area contributed by atoms with Gasteiger partial charge in [-0.05, 0) is 86.3 Å². The average molecular weight is 666 g/mol. The second kappa shape index (κ2) is 13.8. The van der Waals surface area contributed by atoms with E-state index in [1.165, 1.54) is 13.0 Å². The number of anilines is 1. The molecule has 14 heteroatoms. The first-order chi connectivity index (χ1) is 21.0. The van der Waals surface area contributed by atoms with E-state index < -0.39 is 75.9 Å². The summed E-state index contributed by atoms with van der Waals surface area (Å²) in [5.74, 6) is -2.50. The van der Waals surface area contributed by atoms with Crippen LogP contribution in [0.5, 0.6) is 5.75 Å². The van der Waals surface area contributed by atoms with E-state index >= 15 is 4.39 Å². The predicted molar refractivity (Wildman–Crippen MR) is 154 cm³/mol. The minimum Gasteiger partial charge on any atom is -0.486 e. The van der Waals surface area contributed by atoms with Crippen molar-refractivity contribution in [2.24, 2.45) is 17.8 Å². The van der Waals surface area contributed by atoms with Gasteiger partial charge in [-0.1, -0.05) is 26.0 Å². The van der Waals surface area contributed by atoms with Gasteiger partial charge in [-0.3, -0.25) is 9.10 Å². The van der Waals surface area contributed by atoms with Crippen molar-refractivity contribution in [3.63, 3.8) is 0 Å². The molecule has 4 rings (SSSR count). The fraction of sp³-hybridized carbons (Fsp3) is 0.581. The van der Waals surface area contributed by atoms with Gasteiger partial charge in [0.2, 0.25) is 0 Å². The normalized spacial score (nSPS) is 22.3. The largest absolute Gasteiger partial charge is 0.486 e. The Balaban J connectivity index is 1.70. The van der Waals surface area contributed by atoms with Crippen molar-refractivity contribution in [3.05, 3.63) is 53.1 Å². The lowest BCUT2D eigenvalue weighted by molar-refractivity contribution is -0.146. The first-order valence-corrected chi connectivity index (χ1v) is 16.2. The number of carboxylic acid groups (broad SMARTS) is 1. The third-order valence-electron chi connectivity index (χ3n) is 8.71. The fourth-order valence-corrected chi connectivity index (χ4v) is 7.57. The lowest BCUT2D eigenvalue weighted by Gasteiger charge is -2.40. The third-order valence-corrected chi connectivity index (χ3v) is 10.5. The molecule has 0 radical (unpaired) electrons. The zero-order valence-corrected chi connectivity index (χ0v) is 25.9. The standard InChI is InChI=1S/C31H37F6NO6S/c1-4-20(12-26(32)18(3)16-43-30(33)34)21-8-17(2)28-27(13-21)38(15-24(44-28)11-19-9-22(10-19)29(39)40)45(41,42)25-7-5-6-23(14-25)31(35,36)37/h5-8,13-14,18-20,22,24,26,30H,4,9-12,15-16H2,1-3H3,(H,39,40)/t18?,19?,20?,22?,24-,26?/m0/s1. The van der Waals surface area contributed by atoms with Crippen molar-refractivity contribution in [2.75, 3.05) is 17.5 Å². The summed E-state index contributed by atoms with van der Waals surface area (Å²) in [5.41, 5.74) is 0.0562. The molecule has 2 aromatic carbocycles. The van der Waals surface area contributed by atoms with Crippen LogP contribution in [-0.2, 0) is 25.7 Å². The van der Waals surface area contributed by atoms with Crippen molar-refractivity contribution >= 4 is 21.7 Å². The number of carboxylic acids is 1. The number of hydrogen-bond acceptors (Lipinski definition) is 5. The SMILES string of the molecule is CCC(CC(F)C(C)COC(F)F)c1cc(C)c2c(c1)N(S(=O)(=O)c1cccc(C(F)(F)F)c1)C[C@H](CC1CC(C(=O)O)C1)O2. The van der Waals surface area contributed by atoms with E-state index in [1.807, 2.05) is 0 Å². The van der Waals surface area contributed by atoms with Crippen LogP contribution in [0.4, 0.5) is 32.0 Å². The van der Waals surface area contributed by atoms with Crippen LogP contribution >= 0.6 is 0 Å². The molecule has 45 heavy (non-hydrogen) atoms. The highest BCUT2D eigenvalue weighted by molar-refractivity contribution is 7.92. The van der Waals surface area contributed by atoms with Gasteiger partial charge in [0.05, 0.1) is 35.2 Å². The molecule has 2 aliphatic rings. The molecule has 0 aromatic heterocycles. The highest BCUT2D eigenvalue weighted by Crippen LogP contribution is 2.46. The highest BCUT2D eigenvalue weighted by atomic mass is 32.2. The van der Waals surface area contributed by atoms with Gasteiger partial charge < -0.3 is 14.6 Å². The topological polar surface area (TPSA) is 93.1 Å². The van der Waals surface area contributed by atoms with Gasteiger partial charge in [-0.25, -0.2) is 12.8 Å². The molecule has 1 heterocycles. The van der Waals surface area contributed by atoms with Gasteiger partial charge in [-0.15, -0.1) is 0 Å². The van der Waals surface area contributed by atoms with Gasteiger partial charge in [0.1, 0.15) is 18.0 Å². The predicted octanol–water partition coefficient (Wildman–Crippen LogP) is 7.57. The highest BCUT2D eigenvalue weighted by Gasteiger charge is 2.41. The summed E-state index contributed by atoms with van der Waals surface area (Å²) in [7, 11) is -4.56. The van der Waals surface area contributed by atoms with Crippen LogP contribution in [0.1, 0.15) is 68.6 Å². The molecule has 250 valence electrons. The summed E-state index contributed by atoms with van der Waals surface area (Å²) in [6.45, 7) is 1.21. The summed E-state index contributed by atoms with van der Waals surface area (Å²) in [4.78, 5) is 10.7. The second-order valence-electron chi connectivity index (χ2n) is 12.0. The molecule has 1 fully saturated rings. The molecular weight excluding hydrogens is 628 g/mol. The van der Waals surface area contributed by atoms with Crippen molar-refractivity contribution in [1.82, 2.24) is 0 Å². The Kier molecular flexibility index (Phi) is 10.7. The maximum absolute atomic E-state index is 15.1. The molecule has 2 aromatic rings. The number of halogens is 6. The number of benzene rings is 2. The van der Waals surface area contributed by atoms with Gasteiger partial charge in [0.15, 0.2) is 0 Å². The van der Waals surface area contributed by atoms with Crippen LogP contribution in [0, 0.1) is 24.7 Å². The molecule has 1 N–H and O–H groups in total. The number of ether oxygens (including phenoxy) is 2. The molecule has 1 saturated carbocycles. The summed E-state index contributed by atoms with van der Waals surface area (Å²) in [6.07, 6.45) is -5.45. The molecule has 0 saturated heterocycles. The van der Waals surface area contributed by atoms with E-state index in [0.29, 0.717) is 42.9 Å². The van der Waals surface area contributed by atoms with E-state index in [2.05, 4.69) is 4.74 Å². The Morgan fingerprint density at radius 1 is 1.16 bits per heavy atom. The lowest BCUT2D eigenvalue weighted by atomic mass is 9.72. The Hall–Kier alpha value is -3.00. The Morgan fingerprint density at radius 2 is 1.84 bits per heavy atom. The Morgan fingerprint density at radius 3 is 2.44 bits per heavy atom. The van der Waals surface area contributed by atoms with E-state index in [9.17, 15) is 40.3 Å². The minimum absolute atomic E-state index is 0.0302. The molecule has 0 spiro atoms. The molecule has 4 atom stereocenters. The quantitative estimate of drug-likeness (QED) is 0.222. The van der Waals surface area contributed by atoms with Crippen molar-refractivity contribution in [1.29, 1.82) is 0 Å². The van der Waals surface area contributed by atoms with E-state index in [-0.39, 0.29) is 30.3 Å². The van der Waals surface area contributed by atoms with Crippen molar-refractivity contribution in [3.8, 4) is 5.75 Å². The number of rotatable bonds is 13.